The number of fused-ring (bicyclic) bond motifs is 1. The largest absolute Gasteiger partial charge is 0.406 e. The summed E-state index contributed by atoms with van der Waals surface area (Å²) < 4.78 is 52.4. The number of hydrogen-bond donors (Lipinski definition) is 1. The molecular weight excluding hydrogens is 368 g/mol. The summed E-state index contributed by atoms with van der Waals surface area (Å²) in [7, 11) is 0. The molecule has 140 valence electrons. The number of hydrogen-bond acceptors (Lipinski definition) is 2. The smallest absolute Gasteiger partial charge is 0.337 e. The number of nitrogens with one attached hydrogen (secondary N) is 1. The van der Waals surface area contributed by atoms with Crippen LogP contribution in [-0.2, 0) is 6.54 Å². The van der Waals surface area contributed by atoms with Crippen LogP contribution in [0.5, 0.6) is 0 Å². The lowest BCUT2D eigenvalue weighted by Crippen LogP contribution is -2.21. The van der Waals surface area contributed by atoms with Gasteiger partial charge in [0.15, 0.2) is 0 Å². The molecule has 0 unspecified atom stereocenters. The van der Waals surface area contributed by atoms with Gasteiger partial charge in [-0.2, -0.15) is 13.2 Å². The highest BCUT2D eigenvalue weighted by atomic mass is 32.2. The average molecular weight is 386 g/mol. The Morgan fingerprint density at radius 1 is 1.31 bits per heavy atom. The molecule has 0 saturated carbocycles. The first-order valence-corrected chi connectivity index (χ1v) is 8.90. The van der Waals surface area contributed by atoms with Crippen LogP contribution in [0.25, 0.3) is 10.9 Å². The van der Waals surface area contributed by atoms with Crippen LogP contribution in [0.3, 0.4) is 0 Å². The summed E-state index contributed by atoms with van der Waals surface area (Å²) in [6.07, 6.45) is 1.02. The lowest BCUT2D eigenvalue weighted by atomic mass is 10.1. The number of aromatic nitrogens is 1. The predicted molar refractivity (Wildman–Crippen MR) is 96.2 cm³/mol. The highest BCUT2D eigenvalue weighted by molar-refractivity contribution is 8.05. The molecule has 1 aromatic heterocycles. The van der Waals surface area contributed by atoms with Gasteiger partial charge in [-0.1, -0.05) is 37.8 Å². The maximum atomic E-state index is 13.4. The number of thioether (sulfide) groups is 1. The van der Waals surface area contributed by atoms with Gasteiger partial charge in [0.25, 0.3) is 5.91 Å². The van der Waals surface area contributed by atoms with Gasteiger partial charge in [0, 0.05) is 11.6 Å². The number of benzene rings is 1. The summed E-state index contributed by atoms with van der Waals surface area (Å²) >= 11 is 1.31. The van der Waals surface area contributed by atoms with Crippen LogP contribution in [0.4, 0.5) is 17.6 Å². The highest BCUT2D eigenvalue weighted by Gasteiger charge is 2.29. The quantitative estimate of drug-likeness (QED) is 0.698. The minimum absolute atomic E-state index is 0.0302. The predicted octanol–water partition coefficient (Wildman–Crippen LogP) is 5.59. The maximum Gasteiger partial charge on any atom is 0.406 e. The fourth-order valence-corrected chi connectivity index (χ4v) is 3.13. The lowest BCUT2D eigenvalue weighted by Gasteiger charge is -2.09. The van der Waals surface area contributed by atoms with E-state index < -0.39 is 24.4 Å². The van der Waals surface area contributed by atoms with Crippen molar-refractivity contribution in [2.75, 3.05) is 0 Å². The van der Waals surface area contributed by atoms with Gasteiger partial charge >= 0.3 is 6.18 Å². The van der Waals surface area contributed by atoms with Crippen molar-refractivity contribution in [1.82, 2.24) is 9.88 Å². The standard InChI is InChI=1S/C16H12F4N2OS.C2H6/c17-10-4-5-11-12(15(23)21-14-3-1-2-6-24-14)8-22(13(11)7-10)9-16(18,19)20;1-2/h2-8H,1,9H2,(H,21,23);1-2H3. The molecule has 1 N–H and O–H groups in total. The Hall–Kier alpha value is -2.22. The van der Waals surface area contributed by atoms with E-state index in [4.69, 9.17) is 0 Å². The van der Waals surface area contributed by atoms with Crippen molar-refractivity contribution in [2.45, 2.75) is 33.0 Å². The molecule has 1 amide bonds. The van der Waals surface area contributed by atoms with Crippen molar-refractivity contribution in [3.63, 3.8) is 0 Å². The molecule has 1 aromatic carbocycles. The summed E-state index contributed by atoms with van der Waals surface area (Å²) in [5.41, 5.74) is 0.105. The van der Waals surface area contributed by atoms with Crippen molar-refractivity contribution in [3.05, 3.63) is 58.4 Å². The number of carbonyl (C=O) groups is 1. The zero-order valence-electron chi connectivity index (χ0n) is 14.2. The van der Waals surface area contributed by atoms with Crippen LogP contribution < -0.4 is 5.32 Å². The molecule has 0 aliphatic carbocycles. The van der Waals surface area contributed by atoms with E-state index in [1.54, 1.807) is 6.08 Å². The molecular formula is C18H18F4N2OS. The second-order valence-electron chi connectivity index (χ2n) is 5.20. The van der Waals surface area contributed by atoms with Gasteiger partial charge in [-0.3, -0.25) is 4.79 Å². The van der Waals surface area contributed by atoms with Crippen LogP contribution in [-0.4, -0.2) is 16.7 Å². The van der Waals surface area contributed by atoms with Gasteiger partial charge in [0.1, 0.15) is 12.4 Å². The minimum Gasteiger partial charge on any atom is -0.337 e. The topological polar surface area (TPSA) is 34.0 Å². The van der Waals surface area contributed by atoms with Crippen LogP contribution in [0, 0.1) is 5.82 Å². The Balaban J connectivity index is 0.00000117. The third-order valence-electron chi connectivity index (χ3n) is 3.41. The molecule has 2 heterocycles. The van der Waals surface area contributed by atoms with E-state index in [9.17, 15) is 22.4 Å². The first-order chi connectivity index (χ1) is 12.3. The van der Waals surface area contributed by atoms with Gasteiger partial charge in [-0.05, 0) is 30.0 Å². The number of allylic oxidation sites excluding steroid dienone is 2. The Morgan fingerprint density at radius 3 is 2.65 bits per heavy atom. The van der Waals surface area contributed by atoms with E-state index in [1.165, 1.54) is 17.8 Å². The Morgan fingerprint density at radius 2 is 2.04 bits per heavy atom. The molecule has 0 bridgehead atoms. The zero-order chi connectivity index (χ0) is 19.3. The molecule has 0 saturated heterocycles. The van der Waals surface area contributed by atoms with Crippen LogP contribution >= 0.6 is 11.8 Å². The molecule has 26 heavy (non-hydrogen) atoms. The van der Waals surface area contributed by atoms with Crippen molar-refractivity contribution in [2.24, 2.45) is 0 Å². The number of carbonyl (C=O) groups excluding carboxylic acids is 1. The first kappa shape index (κ1) is 20.1. The molecule has 2 aromatic rings. The minimum atomic E-state index is -4.47. The molecule has 0 atom stereocenters. The van der Waals surface area contributed by atoms with E-state index in [0.29, 0.717) is 11.4 Å². The molecule has 3 rings (SSSR count). The van der Waals surface area contributed by atoms with E-state index in [2.05, 4.69) is 5.32 Å². The van der Waals surface area contributed by atoms with Gasteiger partial charge in [0.2, 0.25) is 0 Å². The van der Waals surface area contributed by atoms with Crippen LogP contribution in [0.1, 0.15) is 30.6 Å². The van der Waals surface area contributed by atoms with E-state index in [1.807, 2.05) is 25.3 Å². The first-order valence-electron chi connectivity index (χ1n) is 8.02. The summed E-state index contributed by atoms with van der Waals surface area (Å²) in [5, 5.41) is 5.37. The number of nitrogens with zero attached hydrogens (tertiary/aromatic N) is 1. The summed E-state index contributed by atoms with van der Waals surface area (Å²) in [6.45, 7) is 2.71. The van der Waals surface area contributed by atoms with Gasteiger partial charge in [-0.25, -0.2) is 4.39 Å². The summed E-state index contributed by atoms with van der Waals surface area (Å²) in [5.74, 6) is -1.19. The lowest BCUT2D eigenvalue weighted by molar-refractivity contribution is -0.139. The van der Waals surface area contributed by atoms with Crippen LogP contribution in [0.2, 0.25) is 0 Å². The average Bonchev–Trinajstić information content (AvgIpc) is 2.94. The molecule has 1 aliphatic heterocycles. The Kier molecular flexibility index (Phi) is 6.52. The van der Waals surface area contributed by atoms with Crippen molar-refractivity contribution >= 4 is 28.6 Å². The van der Waals surface area contributed by atoms with Crippen molar-refractivity contribution in [1.29, 1.82) is 0 Å². The van der Waals surface area contributed by atoms with Crippen molar-refractivity contribution in [3.8, 4) is 0 Å². The van der Waals surface area contributed by atoms with E-state index in [-0.39, 0.29) is 16.5 Å². The fraction of sp³-hybridized carbons (Fsp3) is 0.278. The van der Waals surface area contributed by atoms with Crippen LogP contribution in [0.15, 0.2) is 47.0 Å². The normalized spacial score (nSPS) is 13.8. The third kappa shape index (κ3) is 4.91. The maximum absolute atomic E-state index is 13.4. The fourth-order valence-electron chi connectivity index (χ4n) is 2.43. The van der Waals surface area contributed by atoms with Crippen molar-refractivity contribution < 1.29 is 22.4 Å². The van der Waals surface area contributed by atoms with E-state index in [0.717, 1.165) is 22.9 Å². The number of halogens is 4. The molecule has 3 nitrogen and oxygen atoms in total. The Labute approximate surface area is 152 Å². The molecule has 0 fully saturated rings. The highest BCUT2D eigenvalue weighted by Crippen LogP contribution is 2.28. The van der Waals surface area contributed by atoms with Gasteiger partial charge < -0.3 is 9.88 Å². The Bertz CT molecular complexity index is 853. The molecule has 1 aliphatic rings. The SMILES string of the molecule is CC.O=C(NC1=CCC=CS1)c1cn(CC(F)(F)F)c2cc(F)ccc12. The summed E-state index contributed by atoms with van der Waals surface area (Å²) in [4.78, 5) is 12.4. The van der Waals surface area contributed by atoms with Gasteiger partial charge in [0.05, 0.1) is 16.1 Å². The molecule has 0 spiro atoms. The molecule has 8 heteroatoms. The summed E-state index contributed by atoms with van der Waals surface area (Å²) in [6, 6.07) is 3.43. The number of alkyl halides is 3. The molecule has 0 radical (unpaired) electrons. The second kappa shape index (κ2) is 8.44. The van der Waals surface area contributed by atoms with E-state index >= 15 is 0 Å². The van der Waals surface area contributed by atoms with Gasteiger partial charge in [-0.15, -0.1) is 0 Å². The third-order valence-corrected chi connectivity index (χ3v) is 4.26. The number of rotatable bonds is 3. The zero-order valence-corrected chi connectivity index (χ0v) is 15.0. The monoisotopic (exact) mass is 386 g/mol. The number of amides is 1. The second-order valence-corrected chi connectivity index (χ2v) is 6.14.